The van der Waals surface area contributed by atoms with Crippen molar-refractivity contribution < 1.29 is 0 Å². The Morgan fingerprint density at radius 1 is 0.762 bits per heavy atom. The summed E-state index contributed by atoms with van der Waals surface area (Å²) in [5.41, 5.74) is 3.25. The number of rotatable bonds is 4. The Bertz CT molecular complexity index is 548. The van der Waals surface area contributed by atoms with Crippen LogP contribution in [-0.4, -0.2) is 0 Å². The molecule has 0 radical (unpaired) electrons. The van der Waals surface area contributed by atoms with Crippen LogP contribution >= 0.6 is 0 Å². The molecule has 0 aliphatic rings. The maximum Gasteiger partial charge on any atom is -0.00211 e. The summed E-state index contributed by atoms with van der Waals surface area (Å²) in [5.74, 6) is 0.552. The SMILES string of the molecule is CC(CC(C)(c1ccccc1)C(C)(C)C)c1ccccc1. The minimum absolute atomic E-state index is 0.156. The van der Waals surface area contributed by atoms with Gasteiger partial charge in [-0.2, -0.15) is 0 Å². The predicted octanol–water partition coefficient (Wildman–Crippen LogP) is 6.18. The van der Waals surface area contributed by atoms with Gasteiger partial charge >= 0.3 is 0 Å². The lowest BCUT2D eigenvalue weighted by molar-refractivity contribution is 0.179. The van der Waals surface area contributed by atoms with Crippen LogP contribution in [0.15, 0.2) is 60.7 Å². The molecule has 0 spiro atoms. The van der Waals surface area contributed by atoms with Crippen LogP contribution in [-0.2, 0) is 5.41 Å². The fourth-order valence-corrected chi connectivity index (χ4v) is 3.17. The highest BCUT2D eigenvalue weighted by Gasteiger charge is 2.39. The molecule has 0 fully saturated rings. The van der Waals surface area contributed by atoms with Crippen LogP contribution in [0.25, 0.3) is 0 Å². The van der Waals surface area contributed by atoms with E-state index in [0.717, 1.165) is 6.42 Å². The van der Waals surface area contributed by atoms with Crippen LogP contribution in [0.3, 0.4) is 0 Å². The quantitative estimate of drug-likeness (QED) is 0.627. The summed E-state index contributed by atoms with van der Waals surface area (Å²) in [6.07, 6.45) is 1.16. The van der Waals surface area contributed by atoms with Gasteiger partial charge in [-0.05, 0) is 34.3 Å². The molecule has 0 N–H and O–H groups in total. The Balaban J connectivity index is 2.35. The summed E-state index contributed by atoms with van der Waals surface area (Å²) in [4.78, 5) is 0. The zero-order chi connectivity index (χ0) is 15.5. The maximum absolute atomic E-state index is 2.42. The van der Waals surface area contributed by atoms with Crippen molar-refractivity contribution in [1.82, 2.24) is 0 Å². The van der Waals surface area contributed by atoms with Crippen molar-refractivity contribution in [3.63, 3.8) is 0 Å². The third kappa shape index (κ3) is 3.37. The lowest BCUT2D eigenvalue weighted by Crippen LogP contribution is -2.38. The first-order valence-electron chi connectivity index (χ1n) is 7.95. The van der Waals surface area contributed by atoms with Crippen molar-refractivity contribution in [2.75, 3.05) is 0 Å². The molecule has 0 aliphatic heterocycles. The van der Waals surface area contributed by atoms with Gasteiger partial charge in [0.05, 0.1) is 0 Å². The lowest BCUT2D eigenvalue weighted by Gasteiger charge is -2.44. The molecule has 2 unspecified atom stereocenters. The normalized spacial score (nSPS) is 16.2. The average Bonchev–Trinajstić information content (AvgIpc) is 2.47. The van der Waals surface area contributed by atoms with Crippen molar-refractivity contribution in [1.29, 1.82) is 0 Å². The van der Waals surface area contributed by atoms with Crippen molar-refractivity contribution in [2.45, 2.75) is 52.4 Å². The van der Waals surface area contributed by atoms with E-state index in [9.17, 15) is 0 Å². The number of hydrogen-bond acceptors (Lipinski definition) is 0. The smallest absolute Gasteiger partial charge is 0.00211 e. The Morgan fingerprint density at radius 2 is 1.24 bits per heavy atom. The molecule has 0 saturated heterocycles. The molecule has 21 heavy (non-hydrogen) atoms. The van der Waals surface area contributed by atoms with Crippen LogP contribution in [0, 0.1) is 5.41 Å². The first-order chi connectivity index (χ1) is 9.84. The predicted molar refractivity (Wildman–Crippen MR) is 92.7 cm³/mol. The second-order valence-corrected chi connectivity index (χ2v) is 7.46. The van der Waals surface area contributed by atoms with Crippen LogP contribution in [0.1, 0.15) is 58.1 Å². The van der Waals surface area contributed by atoms with Crippen molar-refractivity contribution in [2.24, 2.45) is 5.41 Å². The molecule has 2 aromatic carbocycles. The lowest BCUT2D eigenvalue weighted by atomic mass is 9.60. The van der Waals surface area contributed by atoms with Crippen LogP contribution in [0.5, 0.6) is 0 Å². The van der Waals surface area contributed by atoms with E-state index in [0.29, 0.717) is 5.92 Å². The Kier molecular flexibility index (Phi) is 4.56. The second-order valence-electron chi connectivity index (χ2n) is 7.46. The standard InChI is InChI=1S/C21H28/c1-17(18-12-8-6-9-13-18)16-21(5,20(2,3)4)19-14-10-7-11-15-19/h6-15,17H,16H2,1-5H3. The van der Waals surface area contributed by atoms with Crippen LogP contribution < -0.4 is 0 Å². The van der Waals surface area contributed by atoms with Gasteiger partial charge in [0, 0.05) is 0 Å². The highest BCUT2D eigenvalue weighted by atomic mass is 14.4. The van der Waals surface area contributed by atoms with Gasteiger partial charge in [-0.25, -0.2) is 0 Å². The molecule has 2 aromatic rings. The Labute approximate surface area is 130 Å². The van der Waals surface area contributed by atoms with Gasteiger partial charge in [-0.15, -0.1) is 0 Å². The average molecular weight is 280 g/mol. The van der Waals surface area contributed by atoms with Crippen LogP contribution in [0.2, 0.25) is 0 Å². The van der Waals surface area contributed by atoms with E-state index in [1.54, 1.807) is 0 Å². The summed E-state index contributed by atoms with van der Waals surface area (Å²) in [7, 11) is 0. The zero-order valence-electron chi connectivity index (χ0n) is 14.1. The van der Waals surface area contributed by atoms with E-state index >= 15 is 0 Å². The largest absolute Gasteiger partial charge is 0.0622 e. The molecule has 0 nitrogen and oxygen atoms in total. The van der Waals surface area contributed by atoms with E-state index in [2.05, 4.69) is 95.3 Å². The summed E-state index contributed by atoms with van der Waals surface area (Å²) in [5, 5.41) is 0. The highest BCUT2D eigenvalue weighted by molar-refractivity contribution is 5.29. The van der Waals surface area contributed by atoms with Gasteiger partial charge in [0.2, 0.25) is 0 Å². The minimum atomic E-state index is 0.156. The summed E-state index contributed by atoms with van der Waals surface area (Å²) in [6.45, 7) is 11.8. The van der Waals surface area contributed by atoms with Gasteiger partial charge in [0.1, 0.15) is 0 Å². The molecule has 2 rings (SSSR count). The van der Waals surface area contributed by atoms with Gasteiger partial charge in [-0.3, -0.25) is 0 Å². The molecule has 0 aliphatic carbocycles. The summed E-state index contributed by atoms with van der Waals surface area (Å²) in [6, 6.07) is 21.9. The van der Waals surface area contributed by atoms with E-state index in [1.807, 2.05) is 0 Å². The Morgan fingerprint density at radius 3 is 1.71 bits per heavy atom. The highest BCUT2D eigenvalue weighted by Crippen LogP contribution is 2.47. The third-order valence-electron chi connectivity index (χ3n) is 5.15. The van der Waals surface area contributed by atoms with Crippen molar-refractivity contribution in [3.05, 3.63) is 71.8 Å². The van der Waals surface area contributed by atoms with Crippen LogP contribution in [0.4, 0.5) is 0 Å². The number of benzene rings is 2. The van der Waals surface area contributed by atoms with E-state index in [-0.39, 0.29) is 10.8 Å². The monoisotopic (exact) mass is 280 g/mol. The molecule has 112 valence electrons. The summed E-state index contributed by atoms with van der Waals surface area (Å²) >= 11 is 0. The number of hydrogen-bond donors (Lipinski definition) is 0. The minimum Gasteiger partial charge on any atom is -0.0622 e. The first kappa shape index (κ1) is 15.8. The van der Waals surface area contributed by atoms with E-state index < -0.39 is 0 Å². The van der Waals surface area contributed by atoms with Gasteiger partial charge in [0.15, 0.2) is 0 Å². The molecule has 0 bridgehead atoms. The fourth-order valence-electron chi connectivity index (χ4n) is 3.17. The molecular weight excluding hydrogens is 252 g/mol. The second kappa shape index (κ2) is 6.05. The molecule has 2 atom stereocenters. The van der Waals surface area contributed by atoms with Gasteiger partial charge < -0.3 is 0 Å². The molecule has 0 heterocycles. The molecule has 0 aromatic heterocycles. The van der Waals surface area contributed by atoms with Crippen molar-refractivity contribution >= 4 is 0 Å². The maximum atomic E-state index is 2.42. The van der Waals surface area contributed by atoms with Crippen molar-refractivity contribution in [3.8, 4) is 0 Å². The summed E-state index contributed by atoms with van der Waals surface area (Å²) < 4.78 is 0. The zero-order valence-corrected chi connectivity index (χ0v) is 14.1. The molecular formula is C21H28. The van der Waals surface area contributed by atoms with Gasteiger partial charge in [-0.1, -0.05) is 95.3 Å². The fraction of sp³-hybridized carbons (Fsp3) is 0.429. The molecule has 0 heteroatoms. The first-order valence-corrected chi connectivity index (χ1v) is 7.95. The topological polar surface area (TPSA) is 0 Å². The molecule has 0 amide bonds. The van der Waals surface area contributed by atoms with E-state index in [4.69, 9.17) is 0 Å². The third-order valence-corrected chi connectivity index (χ3v) is 5.15. The van der Waals surface area contributed by atoms with E-state index in [1.165, 1.54) is 11.1 Å². The van der Waals surface area contributed by atoms with Gasteiger partial charge in [0.25, 0.3) is 0 Å². The molecule has 0 saturated carbocycles. The Hall–Kier alpha value is -1.56.